The summed E-state index contributed by atoms with van der Waals surface area (Å²) in [4.78, 5) is 24.5. The van der Waals surface area contributed by atoms with Crippen molar-refractivity contribution in [3.63, 3.8) is 0 Å². The molecule has 2 aromatic rings. The standard InChI is InChI=1S/C17H13F3N2O5S/c18-17(19,20)14(23)12-13(8-3-4-9-10(6-8)27-7-26-9)21-15(24)22-16(12,25)11-2-1-5-28-11/h1-6,12-13,25H,7H2,(H2,21,22,24)/t12-,13-,16+/m1/s1. The van der Waals surface area contributed by atoms with Crippen LogP contribution >= 0.6 is 11.3 Å². The summed E-state index contributed by atoms with van der Waals surface area (Å²) >= 11 is 0.923. The molecule has 1 aromatic heterocycles. The van der Waals surface area contributed by atoms with Crippen molar-refractivity contribution in [2.75, 3.05) is 6.79 Å². The van der Waals surface area contributed by atoms with Gasteiger partial charge in [-0.05, 0) is 29.1 Å². The second kappa shape index (κ2) is 6.38. The van der Waals surface area contributed by atoms with E-state index in [-0.39, 0.29) is 23.0 Å². The van der Waals surface area contributed by atoms with Gasteiger partial charge in [0.15, 0.2) is 17.2 Å². The Morgan fingerprint density at radius 3 is 2.68 bits per heavy atom. The van der Waals surface area contributed by atoms with Gasteiger partial charge in [-0.25, -0.2) is 4.79 Å². The van der Waals surface area contributed by atoms with Gasteiger partial charge < -0.3 is 25.2 Å². The normalized spacial score (nSPS) is 26.5. The molecule has 0 radical (unpaired) electrons. The van der Waals surface area contributed by atoms with Crippen LogP contribution in [-0.4, -0.2) is 29.9 Å². The first-order chi connectivity index (χ1) is 13.2. The van der Waals surface area contributed by atoms with Crippen LogP contribution in [0.4, 0.5) is 18.0 Å². The van der Waals surface area contributed by atoms with E-state index < -0.39 is 35.7 Å². The smallest absolute Gasteiger partial charge is 0.450 e. The summed E-state index contributed by atoms with van der Waals surface area (Å²) in [6, 6.07) is 4.74. The third-order valence-electron chi connectivity index (χ3n) is 4.59. The summed E-state index contributed by atoms with van der Waals surface area (Å²) in [5.74, 6) is -3.58. The van der Waals surface area contributed by atoms with Crippen molar-refractivity contribution in [2.45, 2.75) is 17.9 Å². The highest BCUT2D eigenvalue weighted by molar-refractivity contribution is 7.10. The first-order valence-electron chi connectivity index (χ1n) is 8.06. The summed E-state index contributed by atoms with van der Waals surface area (Å²) in [7, 11) is 0. The third kappa shape index (κ3) is 2.96. The lowest BCUT2D eigenvalue weighted by Crippen LogP contribution is -2.66. The van der Waals surface area contributed by atoms with Crippen LogP contribution in [0.25, 0.3) is 0 Å². The fourth-order valence-electron chi connectivity index (χ4n) is 3.36. The Balaban J connectivity index is 1.85. The monoisotopic (exact) mass is 414 g/mol. The molecule has 2 amide bonds. The molecule has 0 aliphatic carbocycles. The third-order valence-corrected chi connectivity index (χ3v) is 5.58. The van der Waals surface area contributed by atoms with Gasteiger partial charge in [-0.2, -0.15) is 13.2 Å². The van der Waals surface area contributed by atoms with E-state index in [1.54, 1.807) is 0 Å². The maximum absolute atomic E-state index is 13.4. The van der Waals surface area contributed by atoms with Gasteiger partial charge in [0.1, 0.15) is 5.92 Å². The van der Waals surface area contributed by atoms with Crippen LogP contribution in [0.15, 0.2) is 35.7 Å². The molecular weight excluding hydrogens is 401 g/mol. The van der Waals surface area contributed by atoms with Gasteiger partial charge in [0.05, 0.1) is 10.9 Å². The van der Waals surface area contributed by atoms with Crippen LogP contribution in [0, 0.1) is 5.92 Å². The lowest BCUT2D eigenvalue weighted by Gasteiger charge is -2.44. The van der Waals surface area contributed by atoms with E-state index in [1.807, 2.05) is 0 Å². The van der Waals surface area contributed by atoms with Crippen molar-refractivity contribution >= 4 is 23.2 Å². The largest absolute Gasteiger partial charge is 0.454 e. The Kier molecular flexibility index (Phi) is 4.23. The number of Topliss-reactive ketones (excluding diaryl/α,β-unsaturated/α-hetero) is 1. The maximum atomic E-state index is 13.4. The van der Waals surface area contributed by atoms with E-state index in [2.05, 4.69) is 10.6 Å². The van der Waals surface area contributed by atoms with Crippen molar-refractivity contribution in [1.82, 2.24) is 10.6 Å². The van der Waals surface area contributed by atoms with Gasteiger partial charge in [0.25, 0.3) is 0 Å². The minimum Gasteiger partial charge on any atom is -0.454 e. The Labute approximate surface area is 160 Å². The summed E-state index contributed by atoms with van der Waals surface area (Å²) < 4.78 is 50.5. The molecule has 7 nitrogen and oxygen atoms in total. The number of urea groups is 1. The van der Waals surface area contributed by atoms with E-state index in [0.29, 0.717) is 5.75 Å². The molecule has 1 saturated heterocycles. The molecule has 1 fully saturated rings. The summed E-state index contributed by atoms with van der Waals surface area (Å²) in [5, 5.41) is 17.0. The number of halogens is 3. The fraction of sp³-hybridized carbons (Fsp3) is 0.294. The maximum Gasteiger partial charge on any atom is 0.450 e. The van der Waals surface area contributed by atoms with Gasteiger partial charge in [-0.3, -0.25) is 4.79 Å². The number of carbonyl (C=O) groups excluding carboxylic acids is 2. The van der Waals surface area contributed by atoms with Crippen molar-refractivity contribution in [3.05, 3.63) is 46.2 Å². The van der Waals surface area contributed by atoms with Crippen molar-refractivity contribution in [2.24, 2.45) is 5.92 Å². The van der Waals surface area contributed by atoms with Gasteiger partial charge in [0.2, 0.25) is 12.6 Å². The minimum absolute atomic E-state index is 0.00990. The zero-order chi connectivity index (χ0) is 20.1. The lowest BCUT2D eigenvalue weighted by molar-refractivity contribution is -0.190. The molecular formula is C17H13F3N2O5S. The van der Waals surface area contributed by atoms with E-state index in [4.69, 9.17) is 9.47 Å². The average Bonchev–Trinajstić information content (AvgIpc) is 3.31. The molecule has 148 valence electrons. The first kappa shape index (κ1) is 18.6. The molecule has 1 aromatic carbocycles. The van der Waals surface area contributed by atoms with Crippen molar-refractivity contribution in [1.29, 1.82) is 0 Å². The molecule has 3 heterocycles. The lowest BCUT2D eigenvalue weighted by atomic mass is 9.78. The summed E-state index contributed by atoms with van der Waals surface area (Å²) in [6.07, 6.45) is -5.23. The molecule has 0 unspecified atom stereocenters. The fourth-order valence-corrected chi connectivity index (χ4v) is 4.18. The number of nitrogens with one attached hydrogen (secondary N) is 2. The van der Waals surface area contributed by atoms with E-state index in [9.17, 15) is 27.9 Å². The second-order valence-corrected chi connectivity index (χ2v) is 7.22. The predicted molar refractivity (Wildman–Crippen MR) is 89.7 cm³/mol. The number of amides is 2. The second-order valence-electron chi connectivity index (χ2n) is 6.27. The van der Waals surface area contributed by atoms with Crippen molar-refractivity contribution in [3.8, 4) is 11.5 Å². The number of fused-ring (bicyclic) bond motifs is 1. The topological polar surface area (TPSA) is 96.9 Å². The molecule has 2 aliphatic heterocycles. The Bertz CT molecular complexity index is 933. The molecule has 3 atom stereocenters. The molecule has 11 heteroatoms. The van der Waals surface area contributed by atoms with Crippen LogP contribution in [0.1, 0.15) is 16.5 Å². The zero-order valence-electron chi connectivity index (χ0n) is 13.9. The van der Waals surface area contributed by atoms with Crippen LogP contribution in [0.3, 0.4) is 0 Å². The molecule has 4 rings (SSSR count). The van der Waals surface area contributed by atoms with E-state index >= 15 is 0 Å². The molecule has 2 aliphatic rings. The number of alkyl halides is 3. The number of carbonyl (C=O) groups is 2. The number of hydrogen-bond acceptors (Lipinski definition) is 6. The average molecular weight is 414 g/mol. The van der Waals surface area contributed by atoms with Gasteiger partial charge in [0, 0.05) is 0 Å². The van der Waals surface area contributed by atoms with Crippen LogP contribution in [-0.2, 0) is 10.5 Å². The quantitative estimate of drug-likeness (QED) is 0.717. The highest BCUT2D eigenvalue weighted by Crippen LogP contribution is 2.45. The van der Waals surface area contributed by atoms with E-state index in [1.165, 1.54) is 35.7 Å². The summed E-state index contributed by atoms with van der Waals surface area (Å²) in [5.41, 5.74) is -2.37. The number of hydrogen-bond donors (Lipinski definition) is 3. The predicted octanol–water partition coefficient (Wildman–Crippen LogP) is 2.42. The number of benzene rings is 1. The minimum atomic E-state index is -5.23. The van der Waals surface area contributed by atoms with E-state index in [0.717, 1.165) is 11.3 Å². The Hall–Kier alpha value is -2.79. The number of ether oxygens (including phenoxy) is 2. The molecule has 28 heavy (non-hydrogen) atoms. The Morgan fingerprint density at radius 2 is 2.00 bits per heavy atom. The van der Waals surface area contributed by atoms with Gasteiger partial charge >= 0.3 is 12.2 Å². The van der Waals surface area contributed by atoms with Crippen LogP contribution < -0.4 is 20.1 Å². The van der Waals surface area contributed by atoms with Gasteiger partial charge in [-0.15, -0.1) is 11.3 Å². The van der Waals surface area contributed by atoms with Gasteiger partial charge in [-0.1, -0.05) is 12.1 Å². The highest BCUT2D eigenvalue weighted by Gasteiger charge is 2.59. The molecule has 3 N–H and O–H groups in total. The molecule has 0 saturated carbocycles. The Morgan fingerprint density at radius 1 is 1.25 bits per heavy atom. The number of thiophene rings is 1. The molecule has 0 bridgehead atoms. The molecule has 0 spiro atoms. The first-order valence-corrected chi connectivity index (χ1v) is 8.94. The zero-order valence-corrected chi connectivity index (χ0v) is 14.8. The summed E-state index contributed by atoms with van der Waals surface area (Å²) in [6.45, 7) is -0.0542. The van der Waals surface area contributed by atoms with Crippen LogP contribution in [0.5, 0.6) is 11.5 Å². The SMILES string of the molecule is O=C1N[C@H](c2ccc3c(c2)OCO3)[C@H](C(=O)C(F)(F)F)[C@@](O)(c2cccs2)N1. The highest BCUT2D eigenvalue weighted by atomic mass is 32.1. The van der Waals surface area contributed by atoms with Crippen molar-refractivity contribution < 1.29 is 37.3 Å². The van der Waals surface area contributed by atoms with Crippen LogP contribution in [0.2, 0.25) is 0 Å². The number of rotatable bonds is 3. The number of ketones is 1. The number of aliphatic hydroxyl groups is 1.